The Morgan fingerprint density at radius 2 is 1.00 bits per heavy atom. The zero-order valence-electron chi connectivity index (χ0n) is 22.0. The van der Waals surface area contributed by atoms with E-state index in [1.54, 1.807) is 0 Å². The molecule has 4 nitrogen and oxygen atoms in total. The van der Waals surface area contributed by atoms with Crippen LogP contribution in [0.5, 0.6) is 0 Å². The molecule has 3 aromatic heterocycles. The quantitative estimate of drug-likeness (QED) is 0.172. The van der Waals surface area contributed by atoms with E-state index in [9.17, 15) is 0 Å². The van der Waals surface area contributed by atoms with Crippen LogP contribution in [0.3, 0.4) is 0 Å². The first-order valence-electron chi connectivity index (χ1n) is 13.8. The average molecular weight is 523 g/mol. The Bertz CT molecular complexity index is 2350. The molecule has 0 spiro atoms. The van der Waals surface area contributed by atoms with Crippen LogP contribution in [0.1, 0.15) is 0 Å². The highest BCUT2D eigenvalue weighted by Gasteiger charge is 2.19. The van der Waals surface area contributed by atoms with E-state index in [2.05, 4.69) is 77.2 Å². The molecule has 0 amide bonds. The number of para-hydroxylation sites is 1. The van der Waals surface area contributed by atoms with Gasteiger partial charge in [0.05, 0.1) is 16.6 Å². The summed E-state index contributed by atoms with van der Waals surface area (Å²) in [5, 5.41) is 7.50. The number of pyridine rings is 1. The van der Waals surface area contributed by atoms with Gasteiger partial charge < -0.3 is 4.40 Å². The molecule has 190 valence electrons. The van der Waals surface area contributed by atoms with Crippen molar-refractivity contribution in [1.29, 1.82) is 0 Å². The molecule has 0 fully saturated rings. The van der Waals surface area contributed by atoms with E-state index < -0.39 is 0 Å². The zero-order valence-corrected chi connectivity index (χ0v) is 22.0. The maximum atomic E-state index is 4.99. The zero-order chi connectivity index (χ0) is 26.9. The van der Waals surface area contributed by atoms with Crippen LogP contribution in [0.15, 0.2) is 133 Å². The Labute approximate surface area is 235 Å². The van der Waals surface area contributed by atoms with Crippen LogP contribution in [-0.4, -0.2) is 19.4 Å². The first-order chi connectivity index (χ1) is 20.3. The summed E-state index contributed by atoms with van der Waals surface area (Å²) in [6.45, 7) is 0. The maximum Gasteiger partial charge on any atom is 0.164 e. The summed E-state index contributed by atoms with van der Waals surface area (Å²) in [5.41, 5.74) is 6.56. The van der Waals surface area contributed by atoms with Gasteiger partial charge in [-0.2, -0.15) is 0 Å². The standard InChI is InChI=1S/C37H22N4/c1-3-10-24(11-4-1)35-38-36(25-12-5-2-6-13-25)40-37(39-35)26-19-21-32-30(22-26)28-16-9-14-23-18-20-29-27-15-7-8-17-31(27)41(32)34(29)33(23)28/h1-22H. The number of hydrogen-bond donors (Lipinski definition) is 0. The second-order valence-electron chi connectivity index (χ2n) is 10.5. The third kappa shape index (κ3) is 3.25. The van der Waals surface area contributed by atoms with E-state index in [-0.39, 0.29) is 0 Å². The largest absolute Gasteiger partial charge is 0.308 e. The second-order valence-corrected chi connectivity index (χ2v) is 10.5. The van der Waals surface area contributed by atoms with Gasteiger partial charge in [0.25, 0.3) is 0 Å². The van der Waals surface area contributed by atoms with Crippen LogP contribution in [0.2, 0.25) is 0 Å². The Morgan fingerprint density at radius 3 is 1.73 bits per heavy atom. The summed E-state index contributed by atoms with van der Waals surface area (Å²) >= 11 is 0. The molecule has 0 saturated carbocycles. The first kappa shape index (κ1) is 22.2. The van der Waals surface area contributed by atoms with E-state index in [1.165, 1.54) is 48.9 Å². The second kappa shape index (κ2) is 8.44. The molecule has 0 aliphatic heterocycles. The number of aromatic nitrogens is 4. The molecule has 4 heteroatoms. The summed E-state index contributed by atoms with van der Waals surface area (Å²) in [6, 6.07) is 46.7. The molecule has 0 bridgehead atoms. The highest BCUT2D eigenvalue weighted by Crippen LogP contribution is 2.41. The van der Waals surface area contributed by atoms with Gasteiger partial charge >= 0.3 is 0 Å². The van der Waals surface area contributed by atoms with Crippen LogP contribution in [0, 0.1) is 0 Å². The minimum atomic E-state index is 0.661. The number of rotatable bonds is 3. The minimum Gasteiger partial charge on any atom is -0.308 e. The van der Waals surface area contributed by atoms with Crippen LogP contribution in [0.25, 0.3) is 83.0 Å². The Hall–Kier alpha value is -5.61. The Balaban J connectivity index is 1.37. The van der Waals surface area contributed by atoms with Gasteiger partial charge in [0, 0.05) is 38.2 Å². The third-order valence-electron chi connectivity index (χ3n) is 8.16. The van der Waals surface area contributed by atoms with Crippen LogP contribution < -0.4 is 0 Å². The van der Waals surface area contributed by atoms with Gasteiger partial charge in [0.2, 0.25) is 0 Å². The SMILES string of the molecule is c1ccc(-c2nc(-c3ccccc3)nc(-c3ccc4c(c3)c3cccc5ccc6c7ccccc7n4c6c53)n2)cc1. The van der Waals surface area contributed by atoms with E-state index in [0.717, 1.165) is 16.7 Å². The molecule has 41 heavy (non-hydrogen) atoms. The van der Waals surface area contributed by atoms with E-state index >= 15 is 0 Å². The molecule has 0 aliphatic carbocycles. The summed E-state index contributed by atoms with van der Waals surface area (Å²) in [7, 11) is 0. The summed E-state index contributed by atoms with van der Waals surface area (Å²) in [6.07, 6.45) is 0. The van der Waals surface area contributed by atoms with Crippen molar-refractivity contribution in [2.45, 2.75) is 0 Å². The first-order valence-corrected chi connectivity index (χ1v) is 13.8. The van der Waals surface area contributed by atoms with Crippen molar-refractivity contribution < 1.29 is 0 Å². The average Bonchev–Trinajstić information content (AvgIpc) is 3.40. The normalized spacial score (nSPS) is 11.9. The molecular formula is C37H22N4. The van der Waals surface area contributed by atoms with Crippen molar-refractivity contribution in [1.82, 2.24) is 19.4 Å². The molecule has 0 atom stereocenters. The summed E-state index contributed by atoms with van der Waals surface area (Å²) < 4.78 is 2.43. The van der Waals surface area contributed by atoms with E-state index in [1.807, 2.05) is 60.7 Å². The highest BCUT2D eigenvalue weighted by atomic mass is 15.0. The molecule has 6 aromatic carbocycles. The Kier molecular flexibility index (Phi) is 4.58. The smallest absolute Gasteiger partial charge is 0.164 e. The molecule has 0 N–H and O–H groups in total. The molecular weight excluding hydrogens is 500 g/mol. The van der Waals surface area contributed by atoms with Gasteiger partial charge in [0.1, 0.15) is 0 Å². The van der Waals surface area contributed by atoms with Crippen molar-refractivity contribution in [3.8, 4) is 34.2 Å². The number of fused-ring (bicyclic) bond motifs is 6. The summed E-state index contributed by atoms with van der Waals surface area (Å²) in [4.78, 5) is 14.9. The Morgan fingerprint density at radius 1 is 0.390 bits per heavy atom. The third-order valence-corrected chi connectivity index (χ3v) is 8.16. The van der Waals surface area contributed by atoms with Gasteiger partial charge in [-0.1, -0.05) is 109 Å². The van der Waals surface area contributed by atoms with Gasteiger partial charge in [0.15, 0.2) is 17.5 Å². The van der Waals surface area contributed by atoms with E-state index in [4.69, 9.17) is 15.0 Å². The molecule has 0 saturated heterocycles. The van der Waals surface area contributed by atoms with Gasteiger partial charge in [-0.15, -0.1) is 0 Å². The van der Waals surface area contributed by atoms with Gasteiger partial charge in [-0.25, -0.2) is 15.0 Å². The highest BCUT2D eigenvalue weighted by molar-refractivity contribution is 6.28. The molecule has 9 rings (SSSR count). The fourth-order valence-electron chi connectivity index (χ4n) is 6.32. The van der Waals surface area contributed by atoms with Crippen molar-refractivity contribution in [3.05, 3.63) is 133 Å². The monoisotopic (exact) mass is 522 g/mol. The predicted octanol–water partition coefficient (Wildman–Crippen LogP) is 9.18. The van der Waals surface area contributed by atoms with E-state index in [0.29, 0.717) is 17.5 Å². The predicted molar refractivity (Wildman–Crippen MR) is 168 cm³/mol. The lowest BCUT2D eigenvalue weighted by atomic mass is 9.97. The lowest BCUT2D eigenvalue weighted by molar-refractivity contribution is 1.07. The van der Waals surface area contributed by atoms with Crippen molar-refractivity contribution >= 4 is 48.9 Å². The summed E-state index contributed by atoms with van der Waals surface area (Å²) in [5.74, 6) is 1.99. The van der Waals surface area contributed by atoms with Gasteiger partial charge in [-0.3, -0.25) is 0 Å². The molecule has 3 heterocycles. The van der Waals surface area contributed by atoms with Crippen LogP contribution in [-0.2, 0) is 0 Å². The van der Waals surface area contributed by atoms with Crippen molar-refractivity contribution in [3.63, 3.8) is 0 Å². The number of nitrogens with zero attached hydrogens (tertiary/aromatic N) is 4. The molecule has 0 aliphatic rings. The van der Waals surface area contributed by atoms with Crippen molar-refractivity contribution in [2.75, 3.05) is 0 Å². The lowest BCUT2D eigenvalue weighted by Crippen LogP contribution is -2.00. The van der Waals surface area contributed by atoms with Gasteiger partial charge in [-0.05, 0) is 35.0 Å². The number of hydrogen-bond acceptors (Lipinski definition) is 3. The van der Waals surface area contributed by atoms with Crippen molar-refractivity contribution in [2.24, 2.45) is 0 Å². The molecule has 9 aromatic rings. The topological polar surface area (TPSA) is 43.1 Å². The minimum absolute atomic E-state index is 0.661. The number of benzene rings is 6. The lowest BCUT2D eigenvalue weighted by Gasteiger charge is -2.14. The van der Waals surface area contributed by atoms with Crippen LogP contribution >= 0.6 is 0 Å². The molecule has 0 radical (unpaired) electrons. The molecule has 0 unspecified atom stereocenters. The van der Waals surface area contributed by atoms with Crippen LogP contribution in [0.4, 0.5) is 0 Å². The fourth-order valence-corrected chi connectivity index (χ4v) is 6.32. The maximum absolute atomic E-state index is 4.99. The fraction of sp³-hybridized carbons (Fsp3) is 0.